The van der Waals surface area contributed by atoms with Crippen LogP contribution in [0, 0.1) is 0 Å². The van der Waals surface area contributed by atoms with Gasteiger partial charge in [-0.2, -0.15) is 0 Å². The number of halogens is 1. The number of nitrogens with two attached hydrogens (primary N) is 1. The second kappa shape index (κ2) is 4.63. The van der Waals surface area contributed by atoms with Crippen LogP contribution in [0.1, 0.15) is 28.9 Å². The van der Waals surface area contributed by atoms with Gasteiger partial charge in [0.15, 0.2) is 0 Å². The predicted molar refractivity (Wildman–Crippen MR) is 65.1 cm³/mol. The molecule has 5 heteroatoms. The minimum absolute atomic E-state index is 0.00644. The molecule has 1 aromatic rings. The number of nitrogens with one attached hydrogen (secondary N) is 1. The van der Waals surface area contributed by atoms with Crippen molar-refractivity contribution in [2.75, 3.05) is 0 Å². The highest BCUT2D eigenvalue weighted by Crippen LogP contribution is 2.23. The summed E-state index contributed by atoms with van der Waals surface area (Å²) in [7, 11) is 0. The van der Waals surface area contributed by atoms with Crippen molar-refractivity contribution in [2.45, 2.75) is 31.3 Å². The van der Waals surface area contributed by atoms with Crippen LogP contribution in [-0.4, -0.2) is 18.0 Å². The number of rotatable bonds is 2. The molecule has 3 nitrogen and oxygen atoms in total. The molecule has 1 aliphatic rings. The molecule has 0 saturated heterocycles. The maximum Gasteiger partial charge on any atom is 0.261 e. The highest BCUT2D eigenvalue weighted by molar-refractivity contribution is 9.11. The van der Waals surface area contributed by atoms with E-state index in [1.54, 1.807) is 0 Å². The van der Waals surface area contributed by atoms with Crippen LogP contribution >= 0.6 is 27.3 Å². The van der Waals surface area contributed by atoms with Crippen LogP contribution in [0.15, 0.2) is 15.9 Å². The number of amides is 1. The lowest BCUT2D eigenvalue weighted by molar-refractivity contribution is 0.0938. The van der Waals surface area contributed by atoms with E-state index in [2.05, 4.69) is 21.2 Å². The van der Waals surface area contributed by atoms with Crippen molar-refractivity contribution >= 4 is 33.2 Å². The minimum atomic E-state index is -0.00644. The van der Waals surface area contributed by atoms with Gasteiger partial charge in [-0.3, -0.25) is 4.79 Å². The smallest absolute Gasteiger partial charge is 0.261 e. The number of thiophene rings is 1. The molecule has 2 rings (SSSR count). The van der Waals surface area contributed by atoms with Crippen LogP contribution in [0.5, 0.6) is 0 Å². The zero-order valence-corrected chi connectivity index (χ0v) is 10.6. The molecule has 0 bridgehead atoms. The fourth-order valence-electron chi connectivity index (χ4n) is 1.84. The molecule has 0 radical (unpaired) electrons. The summed E-state index contributed by atoms with van der Waals surface area (Å²) < 4.78 is 0.975. The third kappa shape index (κ3) is 2.59. The van der Waals surface area contributed by atoms with Crippen LogP contribution < -0.4 is 11.1 Å². The second-order valence-corrected chi connectivity index (χ2v) is 6.24. The molecule has 1 aliphatic carbocycles. The van der Waals surface area contributed by atoms with Crippen LogP contribution in [0.3, 0.4) is 0 Å². The molecule has 1 fully saturated rings. The molecule has 2 unspecified atom stereocenters. The SMILES string of the molecule is NC1CCCC1NC(=O)c1ccc(Br)s1. The predicted octanol–water partition coefficient (Wildman–Crippen LogP) is 2.12. The lowest BCUT2D eigenvalue weighted by Gasteiger charge is -2.16. The van der Waals surface area contributed by atoms with Crippen molar-refractivity contribution in [3.05, 3.63) is 20.8 Å². The summed E-state index contributed by atoms with van der Waals surface area (Å²) in [6.45, 7) is 0. The van der Waals surface area contributed by atoms with Gasteiger partial charge < -0.3 is 11.1 Å². The van der Waals surface area contributed by atoms with Crippen molar-refractivity contribution in [1.29, 1.82) is 0 Å². The molecule has 1 saturated carbocycles. The first kappa shape index (κ1) is 11.1. The van der Waals surface area contributed by atoms with E-state index in [-0.39, 0.29) is 18.0 Å². The highest BCUT2D eigenvalue weighted by atomic mass is 79.9. The molecular weight excluding hydrogens is 276 g/mol. The van der Waals surface area contributed by atoms with E-state index < -0.39 is 0 Å². The average molecular weight is 289 g/mol. The largest absolute Gasteiger partial charge is 0.347 e. The van der Waals surface area contributed by atoms with Crippen molar-refractivity contribution in [3.63, 3.8) is 0 Å². The van der Waals surface area contributed by atoms with Crippen molar-refractivity contribution < 1.29 is 4.79 Å². The van der Waals surface area contributed by atoms with E-state index in [1.807, 2.05) is 12.1 Å². The Balaban J connectivity index is 1.97. The Morgan fingerprint density at radius 1 is 1.53 bits per heavy atom. The third-order valence-electron chi connectivity index (χ3n) is 2.68. The fourth-order valence-corrected chi connectivity index (χ4v) is 3.13. The quantitative estimate of drug-likeness (QED) is 0.876. The van der Waals surface area contributed by atoms with Gasteiger partial charge >= 0.3 is 0 Å². The fraction of sp³-hybridized carbons (Fsp3) is 0.500. The van der Waals surface area contributed by atoms with Gasteiger partial charge in [0.1, 0.15) is 0 Å². The highest BCUT2D eigenvalue weighted by Gasteiger charge is 2.25. The normalized spacial score (nSPS) is 25.5. The Morgan fingerprint density at radius 3 is 2.87 bits per heavy atom. The Bertz CT molecular complexity index is 366. The maximum atomic E-state index is 11.8. The van der Waals surface area contributed by atoms with Gasteiger partial charge in [0.2, 0.25) is 0 Å². The monoisotopic (exact) mass is 288 g/mol. The summed E-state index contributed by atoms with van der Waals surface area (Å²) in [6, 6.07) is 3.98. The van der Waals surface area contributed by atoms with E-state index in [1.165, 1.54) is 11.3 Å². The topological polar surface area (TPSA) is 55.1 Å². The first-order valence-corrected chi connectivity index (χ1v) is 6.59. The summed E-state index contributed by atoms with van der Waals surface area (Å²) in [5.74, 6) is -0.00644. The molecule has 82 valence electrons. The number of hydrogen-bond donors (Lipinski definition) is 2. The zero-order chi connectivity index (χ0) is 10.8. The second-order valence-electron chi connectivity index (χ2n) is 3.78. The van der Waals surface area contributed by atoms with Gasteiger partial charge in [-0.05, 0) is 47.3 Å². The average Bonchev–Trinajstić information content (AvgIpc) is 2.77. The third-order valence-corrected chi connectivity index (χ3v) is 4.31. The molecule has 1 amide bonds. The summed E-state index contributed by atoms with van der Waals surface area (Å²) in [5.41, 5.74) is 5.89. The van der Waals surface area contributed by atoms with Gasteiger partial charge in [0.05, 0.1) is 8.66 Å². The molecule has 2 atom stereocenters. The molecule has 3 N–H and O–H groups in total. The number of carbonyl (C=O) groups excluding carboxylic acids is 1. The maximum absolute atomic E-state index is 11.8. The summed E-state index contributed by atoms with van der Waals surface area (Å²) in [6.07, 6.45) is 3.12. The number of hydrogen-bond acceptors (Lipinski definition) is 3. The Kier molecular flexibility index (Phi) is 3.43. The van der Waals surface area contributed by atoms with E-state index in [0.29, 0.717) is 0 Å². The molecule has 0 aliphatic heterocycles. The van der Waals surface area contributed by atoms with Crippen LogP contribution in [0.4, 0.5) is 0 Å². The van der Waals surface area contributed by atoms with E-state index in [0.717, 1.165) is 27.9 Å². The first-order chi connectivity index (χ1) is 7.16. The molecule has 1 aromatic heterocycles. The van der Waals surface area contributed by atoms with Gasteiger partial charge in [-0.1, -0.05) is 0 Å². The standard InChI is InChI=1S/C10H13BrN2OS/c11-9-5-4-8(15-9)10(14)13-7-3-1-2-6(7)12/h4-7H,1-3,12H2,(H,13,14). The summed E-state index contributed by atoms with van der Waals surface area (Å²) in [4.78, 5) is 12.5. The molecular formula is C10H13BrN2OS. The lowest BCUT2D eigenvalue weighted by Crippen LogP contribution is -2.43. The van der Waals surface area contributed by atoms with Crippen molar-refractivity contribution in [2.24, 2.45) is 5.73 Å². The van der Waals surface area contributed by atoms with Gasteiger partial charge in [-0.15, -0.1) is 11.3 Å². The van der Waals surface area contributed by atoms with Crippen molar-refractivity contribution in [1.82, 2.24) is 5.32 Å². The molecule has 0 spiro atoms. The van der Waals surface area contributed by atoms with Crippen LogP contribution in [0.2, 0.25) is 0 Å². The summed E-state index contributed by atoms with van der Waals surface area (Å²) in [5, 5.41) is 2.98. The molecule has 0 aromatic carbocycles. The lowest BCUT2D eigenvalue weighted by atomic mass is 10.2. The Hall–Kier alpha value is -0.390. The van der Waals surface area contributed by atoms with Gasteiger partial charge in [0.25, 0.3) is 5.91 Å². The molecule has 1 heterocycles. The van der Waals surface area contributed by atoms with Gasteiger partial charge in [-0.25, -0.2) is 0 Å². The van der Waals surface area contributed by atoms with Crippen LogP contribution in [-0.2, 0) is 0 Å². The number of carbonyl (C=O) groups is 1. The van der Waals surface area contributed by atoms with Crippen LogP contribution in [0.25, 0.3) is 0 Å². The molecule has 15 heavy (non-hydrogen) atoms. The first-order valence-electron chi connectivity index (χ1n) is 4.98. The van der Waals surface area contributed by atoms with E-state index in [9.17, 15) is 4.79 Å². The Labute approximate surface area is 101 Å². The van der Waals surface area contributed by atoms with E-state index >= 15 is 0 Å². The summed E-state index contributed by atoms with van der Waals surface area (Å²) >= 11 is 4.78. The van der Waals surface area contributed by atoms with Crippen molar-refractivity contribution in [3.8, 4) is 0 Å². The minimum Gasteiger partial charge on any atom is -0.347 e. The Morgan fingerprint density at radius 2 is 2.33 bits per heavy atom. The van der Waals surface area contributed by atoms with E-state index in [4.69, 9.17) is 5.73 Å². The zero-order valence-electron chi connectivity index (χ0n) is 8.20. The van der Waals surface area contributed by atoms with Gasteiger partial charge in [0, 0.05) is 12.1 Å².